The first-order chi connectivity index (χ1) is 13.4. The fourth-order valence-electron chi connectivity index (χ4n) is 3.00. The SMILES string of the molecule is Cc1[nH]c(=O)[nH]c(=O)c1S(=O)(=O)N(CCc1ccccc1)Cc1ccccc1. The van der Waals surface area contributed by atoms with Crippen LogP contribution in [0.15, 0.2) is 75.1 Å². The van der Waals surface area contributed by atoms with Crippen LogP contribution in [-0.4, -0.2) is 29.2 Å². The first kappa shape index (κ1) is 19.8. The Hall–Kier alpha value is -2.97. The van der Waals surface area contributed by atoms with Crippen molar-refractivity contribution in [1.29, 1.82) is 0 Å². The van der Waals surface area contributed by atoms with Gasteiger partial charge in [0.05, 0.1) is 0 Å². The van der Waals surface area contributed by atoms with Crippen molar-refractivity contribution in [2.45, 2.75) is 24.8 Å². The van der Waals surface area contributed by atoms with Crippen LogP contribution >= 0.6 is 0 Å². The normalized spacial score (nSPS) is 11.6. The zero-order valence-corrected chi connectivity index (χ0v) is 16.2. The second-order valence-corrected chi connectivity index (χ2v) is 8.30. The van der Waals surface area contributed by atoms with Gasteiger partial charge in [0, 0.05) is 18.8 Å². The van der Waals surface area contributed by atoms with Crippen molar-refractivity contribution in [2.24, 2.45) is 0 Å². The Balaban J connectivity index is 1.99. The number of H-pyrrole nitrogens is 2. The van der Waals surface area contributed by atoms with Gasteiger partial charge in [0.2, 0.25) is 0 Å². The van der Waals surface area contributed by atoms with Gasteiger partial charge in [-0.1, -0.05) is 60.7 Å². The van der Waals surface area contributed by atoms with Crippen molar-refractivity contribution in [3.8, 4) is 0 Å². The lowest BCUT2D eigenvalue weighted by Gasteiger charge is -2.22. The Labute approximate surface area is 162 Å². The predicted octanol–water partition coefficient (Wildman–Crippen LogP) is 1.81. The molecule has 1 heterocycles. The highest BCUT2D eigenvalue weighted by atomic mass is 32.2. The van der Waals surface area contributed by atoms with Crippen LogP contribution in [0.2, 0.25) is 0 Å². The summed E-state index contributed by atoms with van der Waals surface area (Å²) in [7, 11) is -4.13. The van der Waals surface area contributed by atoms with E-state index in [0.29, 0.717) is 6.42 Å². The highest BCUT2D eigenvalue weighted by Gasteiger charge is 2.29. The average Bonchev–Trinajstić information content (AvgIpc) is 2.65. The summed E-state index contributed by atoms with van der Waals surface area (Å²) >= 11 is 0. The lowest BCUT2D eigenvalue weighted by atomic mass is 10.1. The molecule has 0 aliphatic heterocycles. The molecule has 0 fully saturated rings. The van der Waals surface area contributed by atoms with E-state index in [0.717, 1.165) is 11.1 Å². The number of nitrogens with one attached hydrogen (secondary N) is 2. The minimum atomic E-state index is -4.13. The molecular formula is C20H21N3O4S. The summed E-state index contributed by atoms with van der Waals surface area (Å²) in [6.45, 7) is 1.72. The molecule has 0 spiro atoms. The lowest BCUT2D eigenvalue weighted by molar-refractivity contribution is 0.408. The molecule has 28 heavy (non-hydrogen) atoms. The molecule has 0 radical (unpaired) electrons. The number of nitrogens with zero attached hydrogens (tertiary/aromatic N) is 1. The van der Waals surface area contributed by atoms with Gasteiger partial charge in [-0.05, 0) is 24.5 Å². The Morgan fingerprint density at radius 3 is 2.00 bits per heavy atom. The summed E-state index contributed by atoms with van der Waals surface area (Å²) in [5.74, 6) is 0. The number of hydrogen-bond donors (Lipinski definition) is 2. The van der Waals surface area contributed by atoms with Crippen LogP contribution in [0.4, 0.5) is 0 Å². The highest BCUT2D eigenvalue weighted by molar-refractivity contribution is 7.89. The molecule has 0 atom stereocenters. The standard InChI is InChI=1S/C20H21N3O4S/c1-15-18(19(24)22-20(25)21-15)28(26,27)23(14-17-10-6-3-7-11-17)13-12-16-8-4-2-5-9-16/h2-11H,12-14H2,1H3,(H2,21,22,24,25). The maximum atomic E-state index is 13.3. The summed E-state index contributed by atoms with van der Waals surface area (Å²) in [6, 6.07) is 18.7. The Morgan fingerprint density at radius 2 is 1.43 bits per heavy atom. The minimum Gasteiger partial charge on any atom is -0.310 e. The van der Waals surface area contributed by atoms with Crippen molar-refractivity contribution in [1.82, 2.24) is 14.3 Å². The summed E-state index contributed by atoms with van der Waals surface area (Å²) in [4.78, 5) is 27.6. The van der Waals surface area contributed by atoms with Gasteiger partial charge in [-0.15, -0.1) is 0 Å². The maximum Gasteiger partial charge on any atom is 0.325 e. The van der Waals surface area contributed by atoms with Crippen LogP contribution in [0, 0.1) is 6.92 Å². The average molecular weight is 399 g/mol. The molecule has 2 aromatic carbocycles. The Morgan fingerprint density at radius 1 is 0.857 bits per heavy atom. The zero-order chi connectivity index (χ0) is 20.1. The second kappa shape index (κ2) is 8.37. The van der Waals surface area contributed by atoms with Gasteiger partial charge in [0.25, 0.3) is 15.6 Å². The molecule has 0 saturated carbocycles. The summed E-state index contributed by atoms with van der Waals surface area (Å²) < 4.78 is 27.9. The smallest absolute Gasteiger partial charge is 0.310 e. The van der Waals surface area contributed by atoms with Crippen LogP contribution in [0.25, 0.3) is 0 Å². The Bertz CT molecular complexity index is 1150. The number of sulfonamides is 1. The van der Waals surface area contributed by atoms with E-state index in [2.05, 4.69) is 4.98 Å². The van der Waals surface area contributed by atoms with Crippen molar-refractivity contribution in [3.05, 3.63) is 98.3 Å². The van der Waals surface area contributed by atoms with Gasteiger partial charge < -0.3 is 4.98 Å². The van der Waals surface area contributed by atoms with Crippen molar-refractivity contribution < 1.29 is 8.42 Å². The fourth-order valence-corrected chi connectivity index (χ4v) is 4.63. The Kier molecular flexibility index (Phi) is 5.91. The van der Waals surface area contributed by atoms with E-state index in [-0.39, 0.29) is 18.8 Å². The third-order valence-electron chi connectivity index (χ3n) is 4.37. The predicted molar refractivity (Wildman–Crippen MR) is 107 cm³/mol. The van der Waals surface area contributed by atoms with Gasteiger partial charge in [0.1, 0.15) is 0 Å². The van der Waals surface area contributed by atoms with E-state index in [1.165, 1.54) is 11.2 Å². The summed E-state index contributed by atoms with van der Waals surface area (Å²) in [5, 5.41) is 0. The van der Waals surface area contributed by atoms with E-state index < -0.39 is 26.2 Å². The van der Waals surface area contributed by atoms with E-state index in [1.54, 1.807) is 0 Å². The molecule has 0 aliphatic carbocycles. The summed E-state index contributed by atoms with van der Waals surface area (Å²) in [5.41, 5.74) is 0.159. The van der Waals surface area contributed by atoms with E-state index in [9.17, 15) is 18.0 Å². The van der Waals surface area contributed by atoms with Gasteiger partial charge in [-0.3, -0.25) is 9.78 Å². The minimum absolute atomic E-state index is 0.0199. The second-order valence-electron chi connectivity index (χ2n) is 6.42. The quantitative estimate of drug-likeness (QED) is 0.632. The molecule has 0 saturated heterocycles. The fraction of sp³-hybridized carbons (Fsp3) is 0.200. The largest absolute Gasteiger partial charge is 0.325 e. The summed E-state index contributed by atoms with van der Waals surface area (Å²) in [6.07, 6.45) is 0.493. The third kappa shape index (κ3) is 4.47. The van der Waals surface area contributed by atoms with Gasteiger partial charge in [-0.25, -0.2) is 13.2 Å². The third-order valence-corrected chi connectivity index (χ3v) is 6.37. The van der Waals surface area contributed by atoms with Crippen LogP contribution in [-0.2, 0) is 23.0 Å². The first-order valence-corrected chi connectivity index (χ1v) is 10.2. The molecule has 3 rings (SSSR count). The number of rotatable bonds is 7. The number of aromatic amines is 2. The molecule has 7 nitrogen and oxygen atoms in total. The highest BCUT2D eigenvalue weighted by Crippen LogP contribution is 2.18. The molecule has 3 aromatic rings. The molecule has 1 aromatic heterocycles. The van der Waals surface area contributed by atoms with Crippen LogP contribution < -0.4 is 11.2 Å². The molecular weight excluding hydrogens is 378 g/mol. The zero-order valence-electron chi connectivity index (χ0n) is 15.4. The van der Waals surface area contributed by atoms with Gasteiger partial charge in [-0.2, -0.15) is 4.31 Å². The lowest BCUT2D eigenvalue weighted by Crippen LogP contribution is -2.38. The monoisotopic (exact) mass is 399 g/mol. The molecule has 2 N–H and O–H groups in total. The first-order valence-electron chi connectivity index (χ1n) is 8.79. The van der Waals surface area contributed by atoms with Crippen LogP contribution in [0.5, 0.6) is 0 Å². The van der Waals surface area contributed by atoms with Crippen molar-refractivity contribution in [3.63, 3.8) is 0 Å². The van der Waals surface area contributed by atoms with Gasteiger partial charge in [0.15, 0.2) is 4.90 Å². The molecule has 0 amide bonds. The number of aromatic nitrogens is 2. The van der Waals surface area contributed by atoms with E-state index >= 15 is 0 Å². The maximum absolute atomic E-state index is 13.3. The molecule has 8 heteroatoms. The van der Waals surface area contributed by atoms with E-state index in [1.807, 2.05) is 65.6 Å². The van der Waals surface area contributed by atoms with E-state index in [4.69, 9.17) is 0 Å². The molecule has 0 aliphatic rings. The molecule has 0 unspecified atom stereocenters. The number of hydrogen-bond acceptors (Lipinski definition) is 4. The van der Waals surface area contributed by atoms with Crippen LogP contribution in [0.3, 0.4) is 0 Å². The van der Waals surface area contributed by atoms with Crippen molar-refractivity contribution >= 4 is 10.0 Å². The number of aryl methyl sites for hydroxylation is 1. The molecule has 146 valence electrons. The van der Waals surface area contributed by atoms with Gasteiger partial charge >= 0.3 is 5.69 Å². The number of benzene rings is 2. The van der Waals surface area contributed by atoms with Crippen molar-refractivity contribution in [2.75, 3.05) is 6.54 Å². The van der Waals surface area contributed by atoms with Crippen LogP contribution in [0.1, 0.15) is 16.8 Å². The molecule has 0 bridgehead atoms. The topological polar surface area (TPSA) is 103 Å².